The van der Waals surface area contributed by atoms with Crippen molar-refractivity contribution in [2.24, 2.45) is 17.8 Å². The number of hydrogen-bond acceptors (Lipinski definition) is 4. The SMILES string of the molecule is CCCNC(=O)[C@H]1[C@H](CO)[C@H]2Cn3c(ccc(C4=CCCC4)c3=O)[C@H]2N1C(=O)CC1CC1. The van der Waals surface area contributed by atoms with Gasteiger partial charge in [-0.1, -0.05) is 13.0 Å². The Kier molecular flexibility index (Phi) is 5.70. The zero-order valence-electron chi connectivity index (χ0n) is 18.8. The van der Waals surface area contributed by atoms with Gasteiger partial charge in [0.2, 0.25) is 11.8 Å². The Bertz CT molecular complexity index is 1010. The van der Waals surface area contributed by atoms with Crippen molar-refractivity contribution in [3.8, 4) is 0 Å². The van der Waals surface area contributed by atoms with E-state index in [9.17, 15) is 19.5 Å². The molecule has 1 aromatic heterocycles. The second-order valence-electron chi connectivity index (χ2n) is 9.85. The van der Waals surface area contributed by atoms with Gasteiger partial charge in [0.15, 0.2) is 0 Å². The Morgan fingerprint density at radius 1 is 1.25 bits per heavy atom. The molecule has 2 amide bonds. The first-order valence-corrected chi connectivity index (χ1v) is 12.2. The van der Waals surface area contributed by atoms with Gasteiger partial charge >= 0.3 is 0 Å². The van der Waals surface area contributed by atoms with Crippen LogP contribution in [0.25, 0.3) is 5.57 Å². The summed E-state index contributed by atoms with van der Waals surface area (Å²) in [5.74, 6) is -0.340. The van der Waals surface area contributed by atoms with Crippen molar-refractivity contribution >= 4 is 17.4 Å². The summed E-state index contributed by atoms with van der Waals surface area (Å²) < 4.78 is 1.80. The van der Waals surface area contributed by atoms with Crippen LogP contribution in [0.15, 0.2) is 23.0 Å². The first-order chi connectivity index (χ1) is 15.5. The van der Waals surface area contributed by atoms with Crippen molar-refractivity contribution < 1.29 is 14.7 Å². The molecule has 32 heavy (non-hydrogen) atoms. The van der Waals surface area contributed by atoms with Gasteiger partial charge in [0.1, 0.15) is 6.04 Å². The molecule has 0 unspecified atom stereocenters. The van der Waals surface area contributed by atoms with Gasteiger partial charge in [-0.15, -0.1) is 0 Å². The molecule has 4 aliphatic rings. The molecule has 5 rings (SSSR count). The number of carbonyl (C=O) groups excluding carboxylic acids is 2. The van der Waals surface area contributed by atoms with E-state index in [1.54, 1.807) is 9.47 Å². The third-order valence-corrected chi connectivity index (χ3v) is 7.73. The van der Waals surface area contributed by atoms with Gasteiger partial charge in [0.25, 0.3) is 5.56 Å². The molecular formula is C25H33N3O4. The van der Waals surface area contributed by atoms with Gasteiger partial charge in [-0.2, -0.15) is 0 Å². The van der Waals surface area contributed by atoms with Crippen LogP contribution >= 0.6 is 0 Å². The van der Waals surface area contributed by atoms with E-state index in [0.717, 1.165) is 55.4 Å². The van der Waals surface area contributed by atoms with Crippen LogP contribution in [0.2, 0.25) is 0 Å². The maximum absolute atomic E-state index is 13.4. The van der Waals surface area contributed by atoms with Crippen LogP contribution in [0.1, 0.15) is 69.2 Å². The summed E-state index contributed by atoms with van der Waals surface area (Å²) in [6.45, 7) is 2.79. The molecule has 2 aliphatic heterocycles. The largest absolute Gasteiger partial charge is 0.396 e. The summed E-state index contributed by atoms with van der Waals surface area (Å²) in [4.78, 5) is 41.7. The van der Waals surface area contributed by atoms with E-state index in [-0.39, 0.29) is 41.9 Å². The first-order valence-electron chi connectivity index (χ1n) is 12.2. The zero-order valence-corrected chi connectivity index (χ0v) is 18.8. The minimum absolute atomic E-state index is 0.0108. The molecule has 1 saturated heterocycles. The topological polar surface area (TPSA) is 91.6 Å². The minimum atomic E-state index is -0.686. The van der Waals surface area contributed by atoms with Crippen LogP contribution in [0, 0.1) is 17.8 Å². The lowest BCUT2D eigenvalue weighted by Crippen LogP contribution is -2.50. The molecule has 2 N–H and O–H groups in total. The summed E-state index contributed by atoms with van der Waals surface area (Å²) in [5, 5.41) is 13.3. The lowest BCUT2D eigenvalue weighted by molar-refractivity contribution is -0.142. The molecule has 0 radical (unpaired) electrons. The summed E-state index contributed by atoms with van der Waals surface area (Å²) in [5.41, 5.74) is 2.65. The van der Waals surface area contributed by atoms with Crippen LogP contribution in [0.3, 0.4) is 0 Å². The van der Waals surface area contributed by atoms with E-state index in [1.807, 2.05) is 19.1 Å². The number of carbonyl (C=O) groups is 2. The average molecular weight is 440 g/mol. The summed E-state index contributed by atoms with van der Waals surface area (Å²) in [6.07, 6.45) is 8.51. The molecule has 0 aromatic carbocycles. The average Bonchev–Trinajstić information content (AvgIpc) is 3.18. The third-order valence-electron chi connectivity index (χ3n) is 7.73. The Morgan fingerprint density at radius 3 is 2.72 bits per heavy atom. The van der Waals surface area contributed by atoms with E-state index in [2.05, 4.69) is 11.4 Å². The van der Waals surface area contributed by atoms with E-state index in [1.165, 1.54) is 0 Å². The van der Waals surface area contributed by atoms with E-state index in [0.29, 0.717) is 25.4 Å². The maximum Gasteiger partial charge on any atom is 0.258 e. The molecule has 4 atom stereocenters. The monoisotopic (exact) mass is 439 g/mol. The quantitative estimate of drug-likeness (QED) is 0.682. The molecule has 3 heterocycles. The first kappa shape index (κ1) is 21.4. The lowest BCUT2D eigenvalue weighted by atomic mass is 9.88. The Morgan fingerprint density at radius 2 is 2.06 bits per heavy atom. The second-order valence-corrected chi connectivity index (χ2v) is 9.85. The number of aromatic nitrogens is 1. The van der Waals surface area contributed by atoms with Crippen molar-refractivity contribution in [1.82, 2.24) is 14.8 Å². The van der Waals surface area contributed by atoms with E-state index < -0.39 is 6.04 Å². The third kappa shape index (κ3) is 3.51. The van der Waals surface area contributed by atoms with Crippen LogP contribution in [-0.2, 0) is 16.1 Å². The maximum atomic E-state index is 13.4. The van der Waals surface area contributed by atoms with Crippen LogP contribution in [0.4, 0.5) is 0 Å². The van der Waals surface area contributed by atoms with Gasteiger partial charge in [0.05, 0.1) is 6.04 Å². The minimum Gasteiger partial charge on any atom is -0.396 e. The number of aliphatic hydroxyl groups excluding tert-OH is 1. The molecule has 7 nitrogen and oxygen atoms in total. The molecule has 0 spiro atoms. The van der Waals surface area contributed by atoms with E-state index in [4.69, 9.17) is 0 Å². The number of nitrogens with zero attached hydrogens (tertiary/aromatic N) is 2. The summed E-state index contributed by atoms with van der Waals surface area (Å²) in [7, 11) is 0. The van der Waals surface area contributed by atoms with Crippen LogP contribution in [0.5, 0.6) is 0 Å². The summed E-state index contributed by atoms with van der Waals surface area (Å²) in [6, 6.07) is 2.85. The van der Waals surface area contributed by atoms with Gasteiger partial charge in [-0.25, -0.2) is 0 Å². The number of allylic oxidation sites excluding steroid dienone is 2. The fraction of sp³-hybridized carbons (Fsp3) is 0.640. The predicted octanol–water partition coefficient (Wildman–Crippen LogP) is 2.23. The number of pyridine rings is 1. The van der Waals surface area contributed by atoms with Crippen molar-refractivity contribution in [1.29, 1.82) is 0 Å². The van der Waals surface area contributed by atoms with E-state index >= 15 is 0 Å². The second kappa shape index (κ2) is 8.50. The number of likely N-dealkylation sites (tertiary alicyclic amines) is 1. The van der Waals surface area contributed by atoms with Crippen molar-refractivity contribution in [3.05, 3.63) is 39.8 Å². The highest BCUT2D eigenvalue weighted by molar-refractivity contribution is 5.89. The zero-order chi connectivity index (χ0) is 22.4. The number of amides is 2. The normalized spacial score (nSPS) is 28.4. The van der Waals surface area contributed by atoms with Gasteiger partial charge in [0, 0.05) is 49.2 Å². The smallest absolute Gasteiger partial charge is 0.258 e. The van der Waals surface area contributed by atoms with Gasteiger partial charge < -0.3 is 19.9 Å². The fourth-order valence-corrected chi connectivity index (χ4v) is 5.95. The summed E-state index contributed by atoms with van der Waals surface area (Å²) >= 11 is 0. The fourth-order valence-electron chi connectivity index (χ4n) is 5.95. The molecule has 1 aromatic rings. The van der Waals surface area contributed by atoms with Gasteiger partial charge in [-0.05, 0) is 62.1 Å². The lowest BCUT2D eigenvalue weighted by Gasteiger charge is -2.31. The Hall–Kier alpha value is -2.41. The number of fused-ring (bicyclic) bond motifs is 3. The highest BCUT2D eigenvalue weighted by Gasteiger charge is 2.57. The molecular weight excluding hydrogens is 406 g/mol. The predicted molar refractivity (Wildman–Crippen MR) is 121 cm³/mol. The molecule has 0 bridgehead atoms. The van der Waals surface area contributed by atoms with Crippen LogP contribution in [-0.4, -0.2) is 45.6 Å². The Balaban J connectivity index is 1.54. The van der Waals surface area contributed by atoms with Crippen LogP contribution < -0.4 is 10.9 Å². The number of hydrogen-bond donors (Lipinski definition) is 2. The molecule has 1 saturated carbocycles. The highest BCUT2D eigenvalue weighted by Crippen LogP contribution is 2.50. The molecule has 7 heteroatoms. The number of rotatable bonds is 7. The molecule has 172 valence electrons. The van der Waals surface area contributed by atoms with Crippen molar-refractivity contribution in [2.75, 3.05) is 13.2 Å². The molecule has 2 aliphatic carbocycles. The van der Waals surface area contributed by atoms with Crippen molar-refractivity contribution in [3.63, 3.8) is 0 Å². The number of nitrogens with one attached hydrogen (secondary N) is 1. The standard InChI is InChI=1S/C25H33N3O4/c1-2-11-26-24(31)23-19(14-29)18-13-27-20(22(18)28(23)21(30)12-15-7-8-15)10-9-17(25(27)32)16-5-3-4-6-16/h5,9-10,15,18-19,22-23,29H,2-4,6-8,11-14H2,1H3,(H,26,31)/t18-,19-,22+,23-/m1/s1. The Labute approximate surface area is 188 Å². The van der Waals surface area contributed by atoms with Gasteiger partial charge in [-0.3, -0.25) is 14.4 Å². The molecule has 2 fully saturated rings. The highest BCUT2D eigenvalue weighted by atomic mass is 16.3. The number of aliphatic hydroxyl groups is 1. The van der Waals surface area contributed by atoms with Crippen molar-refractivity contribution in [2.45, 2.75) is 70.5 Å².